The van der Waals surface area contributed by atoms with Crippen LogP contribution in [-0.4, -0.2) is 0 Å². The van der Waals surface area contributed by atoms with Crippen molar-refractivity contribution in [1.29, 1.82) is 0 Å². The van der Waals surface area contributed by atoms with E-state index in [1.165, 1.54) is 22.3 Å². The van der Waals surface area contributed by atoms with Gasteiger partial charge in [-0.2, -0.15) is 0 Å². The van der Waals surface area contributed by atoms with Crippen molar-refractivity contribution in [3.63, 3.8) is 0 Å². The van der Waals surface area contributed by atoms with E-state index < -0.39 is 0 Å². The van der Waals surface area contributed by atoms with E-state index in [9.17, 15) is 0 Å². The number of rotatable bonds is 1. The van der Waals surface area contributed by atoms with Gasteiger partial charge in [0.1, 0.15) is 0 Å². The van der Waals surface area contributed by atoms with Crippen LogP contribution in [0.1, 0.15) is 19.4 Å². The van der Waals surface area contributed by atoms with E-state index >= 15 is 0 Å². The van der Waals surface area contributed by atoms with Crippen LogP contribution in [-0.2, 0) is 0 Å². The minimum atomic E-state index is 0.0835. The van der Waals surface area contributed by atoms with Crippen molar-refractivity contribution in [2.75, 3.05) is 0 Å². The van der Waals surface area contributed by atoms with Crippen molar-refractivity contribution in [3.8, 4) is 0 Å². The second-order valence-corrected chi connectivity index (χ2v) is 7.47. The molecule has 0 radical (unpaired) electrons. The van der Waals surface area contributed by atoms with Gasteiger partial charge in [-0.25, -0.2) is 0 Å². The Balaban J connectivity index is 1.67. The molecule has 4 aliphatic rings. The van der Waals surface area contributed by atoms with E-state index in [-0.39, 0.29) is 16.2 Å². The highest BCUT2D eigenvalue weighted by atomic mass is 14.7. The monoisotopic (exact) mass is 296 g/mol. The highest BCUT2D eigenvalue weighted by molar-refractivity contribution is 5.80. The topological polar surface area (TPSA) is 0 Å². The highest BCUT2D eigenvalue weighted by Gasteiger charge is 2.70. The first kappa shape index (κ1) is 13.1. The molecule has 1 spiro atoms. The summed E-state index contributed by atoms with van der Waals surface area (Å²) in [6.45, 7) is 4.76. The van der Waals surface area contributed by atoms with Crippen LogP contribution in [0.3, 0.4) is 0 Å². The van der Waals surface area contributed by atoms with Crippen LogP contribution >= 0.6 is 0 Å². The van der Waals surface area contributed by atoms with E-state index in [1.807, 2.05) is 0 Å². The van der Waals surface area contributed by atoms with Crippen molar-refractivity contribution in [2.45, 2.75) is 13.8 Å². The Kier molecular flexibility index (Phi) is 2.25. The largest absolute Gasteiger partial charge is 0.0766 e. The molecule has 0 heterocycles. The fourth-order valence-electron chi connectivity index (χ4n) is 5.09. The van der Waals surface area contributed by atoms with Crippen molar-refractivity contribution in [3.05, 3.63) is 102 Å². The second-order valence-electron chi connectivity index (χ2n) is 7.47. The first-order chi connectivity index (χ1) is 11.1. The lowest BCUT2D eigenvalue weighted by Gasteiger charge is -2.70. The maximum atomic E-state index is 2.43. The van der Waals surface area contributed by atoms with Gasteiger partial charge in [-0.05, 0) is 22.3 Å². The Morgan fingerprint density at radius 3 is 2.30 bits per heavy atom. The molecular weight excluding hydrogens is 276 g/mol. The van der Waals surface area contributed by atoms with Crippen LogP contribution in [0.5, 0.6) is 0 Å². The molecule has 1 saturated carbocycles. The molecule has 5 rings (SSSR count). The predicted molar refractivity (Wildman–Crippen MR) is 96.7 cm³/mol. The number of benzene rings is 1. The quantitative estimate of drug-likeness (QED) is 0.588. The van der Waals surface area contributed by atoms with Gasteiger partial charge < -0.3 is 0 Å². The number of hydrogen-bond donors (Lipinski definition) is 0. The molecule has 0 amide bonds. The molecule has 1 fully saturated rings. The summed E-state index contributed by atoms with van der Waals surface area (Å²) in [4.78, 5) is 0. The second kappa shape index (κ2) is 3.94. The van der Waals surface area contributed by atoms with E-state index in [0.29, 0.717) is 0 Å². The summed E-state index contributed by atoms with van der Waals surface area (Å²) in [6, 6.07) is 10.7. The highest BCUT2D eigenvalue weighted by Crippen LogP contribution is 2.78. The predicted octanol–water partition coefficient (Wildman–Crippen LogP) is 5.64. The van der Waals surface area contributed by atoms with Crippen molar-refractivity contribution in [1.82, 2.24) is 0 Å². The van der Waals surface area contributed by atoms with Gasteiger partial charge in [0.15, 0.2) is 0 Å². The molecule has 0 N–H and O–H groups in total. The third-order valence-corrected chi connectivity index (χ3v) is 6.46. The SMILES string of the molecule is CC12C=CC=C3C4=CC=C(c5ccccc5)C=CC4(C)C31C=C2. The van der Waals surface area contributed by atoms with E-state index in [0.717, 1.165) is 0 Å². The summed E-state index contributed by atoms with van der Waals surface area (Å²) < 4.78 is 0. The van der Waals surface area contributed by atoms with Crippen LogP contribution < -0.4 is 0 Å². The molecule has 112 valence electrons. The van der Waals surface area contributed by atoms with Gasteiger partial charge in [-0.3, -0.25) is 0 Å². The average molecular weight is 296 g/mol. The molecule has 0 aliphatic heterocycles. The Morgan fingerprint density at radius 2 is 1.57 bits per heavy atom. The fraction of sp³-hybridized carbons (Fsp3) is 0.217. The normalized spacial score (nSPS) is 38.8. The van der Waals surface area contributed by atoms with Crippen LogP contribution in [0.15, 0.2) is 96.2 Å². The first-order valence-electron chi connectivity index (χ1n) is 8.39. The van der Waals surface area contributed by atoms with Crippen LogP contribution in [0.4, 0.5) is 0 Å². The molecule has 4 aliphatic carbocycles. The summed E-state index contributed by atoms with van der Waals surface area (Å²) in [5, 5.41) is 0. The lowest BCUT2D eigenvalue weighted by molar-refractivity contribution is 0.0561. The summed E-state index contributed by atoms with van der Waals surface area (Å²) in [5.41, 5.74) is 5.94. The third-order valence-electron chi connectivity index (χ3n) is 6.46. The van der Waals surface area contributed by atoms with Gasteiger partial charge in [0.25, 0.3) is 0 Å². The standard InChI is InChI=1S/C23H20/c1-21-13-6-9-20-19-11-10-18(17-7-4-3-5-8-17)12-14-22(19,2)23(20,21)16-15-21/h3-16H,1-2H3. The lowest BCUT2D eigenvalue weighted by atomic mass is 9.32. The smallest absolute Gasteiger partial charge is 0.0387 e. The van der Waals surface area contributed by atoms with E-state index in [1.54, 1.807) is 0 Å². The Hall–Kier alpha value is -2.34. The number of allylic oxidation sites excluding steroid dienone is 12. The molecule has 1 aromatic rings. The zero-order chi connectivity index (χ0) is 15.7. The Morgan fingerprint density at radius 1 is 0.739 bits per heavy atom. The molecule has 0 bridgehead atoms. The summed E-state index contributed by atoms with van der Waals surface area (Å²) in [5.74, 6) is 0. The molecule has 0 aromatic heterocycles. The minimum absolute atomic E-state index is 0.0835. The average Bonchev–Trinajstić information content (AvgIpc) is 2.69. The maximum Gasteiger partial charge on any atom is 0.0387 e. The zero-order valence-electron chi connectivity index (χ0n) is 13.6. The molecule has 1 aromatic carbocycles. The zero-order valence-corrected chi connectivity index (χ0v) is 13.6. The third kappa shape index (κ3) is 1.30. The Labute approximate surface area is 137 Å². The fourth-order valence-corrected chi connectivity index (χ4v) is 5.09. The van der Waals surface area contributed by atoms with Gasteiger partial charge in [0.2, 0.25) is 0 Å². The summed E-state index contributed by atoms with van der Waals surface area (Å²) in [6.07, 6.45) is 21.1. The Bertz CT molecular complexity index is 887. The molecular formula is C23H20. The number of hydrogen-bond acceptors (Lipinski definition) is 0. The van der Waals surface area contributed by atoms with Crippen molar-refractivity contribution in [2.24, 2.45) is 16.2 Å². The molecule has 0 saturated heterocycles. The first-order valence-corrected chi connectivity index (χ1v) is 8.39. The van der Waals surface area contributed by atoms with E-state index in [4.69, 9.17) is 0 Å². The van der Waals surface area contributed by atoms with Crippen molar-refractivity contribution >= 4 is 5.57 Å². The molecule has 23 heavy (non-hydrogen) atoms. The summed E-state index contributed by atoms with van der Waals surface area (Å²) >= 11 is 0. The van der Waals surface area contributed by atoms with Gasteiger partial charge >= 0.3 is 0 Å². The summed E-state index contributed by atoms with van der Waals surface area (Å²) in [7, 11) is 0. The van der Waals surface area contributed by atoms with Gasteiger partial charge in [-0.15, -0.1) is 0 Å². The van der Waals surface area contributed by atoms with E-state index in [2.05, 4.69) is 98.9 Å². The van der Waals surface area contributed by atoms with Gasteiger partial charge in [-0.1, -0.05) is 98.9 Å². The maximum absolute atomic E-state index is 2.43. The molecule has 0 heteroatoms. The van der Waals surface area contributed by atoms with Crippen LogP contribution in [0.2, 0.25) is 0 Å². The number of fused-ring (bicyclic) bond motifs is 2. The van der Waals surface area contributed by atoms with Gasteiger partial charge in [0.05, 0.1) is 0 Å². The van der Waals surface area contributed by atoms with Crippen LogP contribution in [0.25, 0.3) is 5.57 Å². The molecule has 3 unspecified atom stereocenters. The van der Waals surface area contributed by atoms with Crippen molar-refractivity contribution < 1.29 is 0 Å². The lowest BCUT2D eigenvalue weighted by Crippen LogP contribution is -2.63. The molecule has 3 atom stereocenters. The van der Waals surface area contributed by atoms with Crippen LogP contribution in [0, 0.1) is 16.2 Å². The van der Waals surface area contributed by atoms with Gasteiger partial charge in [0, 0.05) is 16.2 Å². The molecule has 0 nitrogen and oxygen atoms in total. The minimum Gasteiger partial charge on any atom is -0.0766 e.